The zero-order valence-corrected chi connectivity index (χ0v) is 19.9. The number of hydrogen-bond donors (Lipinski definition) is 0. The van der Waals surface area contributed by atoms with E-state index in [1.807, 2.05) is 18.2 Å². The van der Waals surface area contributed by atoms with Gasteiger partial charge >= 0.3 is 0 Å². The summed E-state index contributed by atoms with van der Waals surface area (Å²) in [5, 5.41) is 1.68. The fraction of sp³-hybridized carbons (Fsp3) is 0.375. The maximum atomic E-state index is 13.2. The minimum Gasteiger partial charge on any atom is -0.297 e. The summed E-state index contributed by atoms with van der Waals surface area (Å²) in [4.78, 5) is 33.0. The van der Waals surface area contributed by atoms with Gasteiger partial charge in [0.1, 0.15) is 0 Å². The molecule has 0 radical (unpaired) electrons. The number of carbonyl (C=O) groups is 1. The van der Waals surface area contributed by atoms with E-state index in [1.54, 1.807) is 34.9 Å². The van der Waals surface area contributed by atoms with Crippen molar-refractivity contribution in [2.24, 2.45) is 0 Å². The highest BCUT2D eigenvalue weighted by Crippen LogP contribution is 2.21. The van der Waals surface area contributed by atoms with Gasteiger partial charge in [0.2, 0.25) is 0 Å². The maximum Gasteiger partial charge on any atom is 0.262 e. The number of rotatable bonds is 9. The van der Waals surface area contributed by atoms with Gasteiger partial charge in [0.25, 0.3) is 5.56 Å². The Balaban J connectivity index is 1.90. The predicted molar refractivity (Wildman–Crippen MR) is 129 cm³/mol. The quantitative estimate of drug-likeness (QED) is 0.253. The van der Waals surface area contributed by atoms with Crippen molar-refractivity contribution >= 4 is 40.0 Å². The van der Waals surface area contributed by atoms with Gasteiger partial charge in [-0.1, -0.05) is 47.6 Å². The van der Waals surface area contributed by atoms with Crippen LogP contribution in [0.5, 0.6) is 0 Å². The monoisotopic (exact) mass is 457 g/mol. The second-order valence-corrected chi connectivity index (χ2v) is 9.39. The predicted octanol–water partition coefficient (Wildman–Crippen LogP) is 5.14. The lowest BCUT2D eigenvalue weighted by molar-refractivity contribution is 0.102. The van der Waals surface area contributed by atoms with E-state index in [1.165, 1.54) is 11.8 Å². The Labute approximate surface area is 192 Å². The van der Waals surface area contributed by atoms with Crippen LogP contribution in [0.25, 0.3) is 10.9 Å². The molecule has 0 aliphatic carbocycles. The van der Waals surface area contributed by atoms with Gasteiger partial charge in [-0.3, -0.25) is 19.1 Å². The van der Waals surface area contributed by atoms with Crippen LogP contribution >= 0.6 is 23.4 Å². The molecule has 0 fully saturated rings. The summed E-state index contributed by atoms with van der Waals surface area (Å²) in [6.45, 7) is 9.86. The van der Waals surface area contributed by atoms with Crippen molar-refractivity contribution in [3.8, 4) is 0 Å². The van der Waals surface area contributed by atoms with Crippen LogP contribution in [0.15, 0.2) is 58.5 Å². The number of benzene rings is 2. The molecular formula is C24H28ClN3O2S. The van der Waals surface area contributed by atoms with Crippen molar-refractivity contribution in [2.45, 2.75) is 51.5 Å². The molecule has 0 unspecified atom stereocenters. The van der Waals surface area contributed by atoms with Crippen molar-refractivity contribution in [1.82, 2.24) is 14.5 Å². The van der Waals surface area contributed by atoms with Gasteiger partial charge in [-0.15, -0.1) is 0 Å². The highest BCUT2D eigenvalue weighted by molar-refractivity contribution is 7.99. The maximum absolute atomic E-state index is 13.2. The van der Waals surface area contributed by atoms with Crippen molar-refractivity contribution < 1.29 is 4.79 Å². The van der Waals surface area contributed by atoms with Crippen molar-refractivity contribution in [1.29, 1.82) is 0 Å². The van der Waals surface area contributed by atoms with E-state index in [9.17, 15) is 9.59 Å². The third-order valence-electron chi connectivity index (χ3n) is 5.21. The molecule has 164 valence electrons. The van der Waals surface area contributed by atoms with Crippen LogP contribution < -0.4 is 5.56 Å². The van der Waals surface area contributed by atoms with Crippen LogP contribution in [-0.4, -0.2) is 44.6 Å². The van der Waals surface area contributed by atoms with Crippen molar-refractivity contribution in [3.05, 3.63) is 69.5 Å². The number of halogens is 1. The van der Waals surface area contributed by atoms with E-state index in [4.69, 9.17) is 16.6 Å². The Kier molecular flexibility index (Phi) is 7.92. The van der Waals surface area contributed by atoms with Crippen LogP contribution in [0.4, 0.5) is 0 Å². The van der Waals surface area contributed by atoms with Crippen LogP contribution in [0.3, 0.4) is 0 Å². The van der Waals surface area contributed by atoms with Gasteiger partial charge in [-0.05, 0) is 52.0 Å². The highest BCUT2D eigenvalue weighted by atomic mass is 35.5. The van der Waals surface area contributed by atoms with Gasteiger partial charge in [-0.25, -0.2) is 4.98 Å². The molecule has 5 nitrogen and oxygen atoms in total. The lowest BCUT2D eigenvalue weighted by Gasteiger charge is -2.30. The highest BCUT2D eigenvalue weighted by Gasteiger charge is 2.17. The lowest BCUT2D eigenvalue weighted by Crippen LogP contribution is -2.40. The number of hydrogen-bond acceptors (Lipinski definition) is 5. The number of fused-ring (bicyclic) bond motifs is 1. The van der Waals surface area contributed by atoms with Crippen LogP contribution in [0, 0.1) is 0 Å². The van der Waals surface area contributed by atoms with E-state index in [0.29, 0.717) is 45.3 Å². The minimum atomic E-state index is -0.0734. The summed E-state index contributed by atoms with van der Waals surface area (Å²) in [5.41, 5.74) is 1.13. The molecule has 0 bridgehead atoms. The molecule has 1 heterocycles. The third kappa shape index (κ3) is 5.76. The molecule has 7 heteroatoms. The number of carbonyl (C=O) groups excluding carboxylic acids is 1. The van der Waals surface area contributed by atoms with Gasteiger partial charge in [-0.2, -0.15) is 0 Å². The summed E-state index contributed by atoms with van der Waals surface area (Å²) >= 11 is 7.31. The first-order valence-electron chi connectivity index (χ1n) is 10.4. The number of para-hydroxylation sites is 1. The number of Topliss-reactive ketones (excluding diaryl/α,β-unsaturated/α-hetero) is 1. The first kappa shape index (κ1) is 23.5. The van der Waals surface area contributed by atoms with Crippen LogP contribution in [0.2, 0.25) is 5.02 Å². The molecule has 0 amide bonds. The average Bonchev–Trinajstić information content (AvgIpc) is 2.73. The fourth-order valence-corrected chi connectivity index (χ4v) is 4.77. The van der Waals surface area contributed by atoms with Crippen molar-refractivity contribution in [3.63, 3.8) is 0 Å². The summed E-state index contributed by atoms with van der Waals surface area (Å²) < 4.78 is 1.70. The second kappa shape index (κ2) is 10.4. The molecule has 3 aromatic rings. The third-order valence-corrected chi connectivity index (χ3v) is 6.43. The number of ketones is 1. The Bertz CT molecular complexity index is 1120. The van der Waals surface area contributed by atoms with E-state index in [-0.39, 0.29) is 17.1 Å². The summed E-state index contributed by atoms with van der Waals surface area (Å²) in [6.07, 6.45) is 0. The Morgan fingerprint density at radius 2 is 1.81 bits per heavy atom. The number of thioether (sulfide) groups is 1. The molecule has 0 saturated heterocycles. The van der Waals surface area contributed by atoms with E-state index < -0.39 is 0 Å². The summed E-state index contributed by atoms with van der Waals surface area (Å²) in [7, 11) is 0. The van der Waals surface area contributed by atoms with Crippen molar-refractivity contribution in [2.75, 3.05) is 12.3 Å². The summed E-state index contributed by atoms with van der Waals surface area (Å²) in [5.74, 6) is 0.135. The fourth-order valence-electron chi connectivity index (χ4n) is 3.66. The van der Waals surface area contributed by atoms with Gasteiger partial charge in [0.15, 0.2) is 10.9 Å². The molecule has 0 aliphatic rings. The topological polar surface area (TPSA) is 55.2 Å². The first-order valence-corrected chi connectivity index (χ1v) is 11.8. The lowest BCUT2D eigenvalue weighted by atomic mass is 10.1. The van der Waals surface area contributed by atoms with E-state index >= 15 is 0 Å². The second-order valence-electron chi connectivity index (χ2n) is 8.02. The Hall–Kier alpha value is -2.15. The number of aromatic nitrogens is 2. The molecule has 31 heavy (non-hydrogen) atoms. The van der Waals surface area contributed by atoms with Gasteiger partial charge < -0.3 is 0 Å². The average molecular weight is 458 g/mol. The zero-order chi connectivity index (χ0) is 22.5. The molecule has 0 spiro atoms. The standard InChI is InChI=1S/C24H28ClN3O2S/c1-16(2)27(17(3)4)12-13-28-23(30)20-10-5-6-11-21(20)26-24(28)31-15-22(29)18-8-7-9-19(25)14-18/h5-11,14,16-17H,12-13,15H2,1-4H3. The molecule has 0 atom stereocenters. The van der Waals surface area contributed by atoms with Crippen LogP contribution in [-0.2, 0) is 6.54 Å². The summed E-state index contributed by atoms with van der Waals surface area (Å²) in [6, 6.07) is 15.0. The molecule has 2 aromatic carbocycles. The molecule has 0 N–H and O–H groups in total. The largest absolute Gasteiger partial charge is 0.297 e. The number of nitrogens with zero attached hydrogens (tertiary/aromatic N) is 3. The van der Waals surface area contributed by atoms with E-state index in [0.717, 1.165) is 6.54 Å². The molecule has 0 aliphatic heterocycles. The van der Waals surface area contributed by atoms with Crippen LogP contribution in [0.1, 0.15) is 38.1 Å². The Morgan fingerprint density at radius 3 is 2.48 bits per heavy atom. The zero-order valence-electron chi connectivity index (χ0n) is 18.3. The molecule has 0 saturated carbocycles. The normalized spacial score (nSPS) is 11.7. The Morgan fingerprint density at radius 1 is 1.10 bits per heavy atom. The molecule has 3 rings (SSSR count). The van der Waals surface area contributed by atoms with E-state index in [2.05, 4.69) is 32.6 Å². The molecule has 1 aromatic heterocycles. The first-order chi connectivity index (χ1) is 14.8. The minimum absolute atomic E-state index is 0.0487. The molecular weight excluding hydrogens is 430 g/mol. The smallest absolute Gasteiger partial charge is 0.262 e. The van der Waals surface area contributed by atoms with Gasteiger partial charge in [0.05, 0.1) is 16.7 Å². The SMILES string of the molecule is CC(C)N(CCn1c(SCC(=O)c2cccc(Cl)c2)nc2ccccc2c1=O)C(C)C. The van der Waals surface area contributed by atoms with Gasteiger partial charge in [0, 0.05) is 35.8 Å².